The van der Waals surface area contributed by atoms with Crippen LogP contribution < -0.4 is 0 Å². The van der Waals surface area contributed by atoms with Crippen molar-refractivity contribution >= 4 is 11.9 Å². The molecule has 2 bridgehead atoms. The number of carbonyl (C=O) groups excluding carboxylic acids is 2. The summed E-state index contributed by atoms with van der Waals surface area (Å²) in [5, 5.41) is 0. The largest absolute Gasteiger partial charge is 0.461 e. The molecule has 0 aliphatic heterocycles. The van der Waals surface area contributed by atoms with Crippen molar-refractivity contribution in [3.05, 3.63) is 25.3 Å². The monoisotopic (exact) mass is 264 g/mol. The third-order valence-corrected chi connectivity index (χ3v) is 4.11. The van der Waals surface area contributed by atoms with E-state index in [2.05, 4.69) is 13.2 Å². The van der Waals surface area contributed by atoms with E-state index in [9.17, 15) is 9.59 Å². The Balaban J connectivity index is 1.95. The lowest BCUT2D eigenvalue weighted by Gasteiger charge is -2.26. The third kappa shape index (κ3) is 2.88. The van der Waals surface area contributed by atoms with Crippen molar-refractivity contribution in [2.75, 3.05) is 13.2 Å². The molecule has 4 heteroatoms. The van der Waals surface area contributed by atoms with E-state index < -0.39 is 0 Å². The molecular weight excluding hydrogens is 244 g/mol. The maximum absolute atomic E-state index is 11.9. The molecular formula is C15H20O4. The molecule has 0 aromatic heterocycles. The molecule has 2 fully saturated rings. The fourth-order valence-corrected chi connectivity index (χ4v) is 3.39. The summed E-state index contributed by atoms with van der Waals surface area (Å²) in [6.45, 7) is 7.52. The summed E-state index contributed by atoms with van der Waals surface area (Å²) >= 11 is 0. The van der Waals surface area contributed by atoms with Crippen molar-refractivity contribution < 1.29 is 19.1 Å². The van der Waals surface area contributed by atoms with Gasteiger partial charge in [0.2, 0.25) is 0 Å². The van der Waals surface area contributed by atoms with Gasteiger partial charge in [-0.1, -0.05) is 25.3 Å². The average molecular weight is 264 g/mol. The fraction of sp³-hybridized carbons (Fsp3) is 0.600. The summed E-state index contributed by atoms with van der Waals surface area (Å²) in [5.74, 6) is -0.172. The predicted octanol–water partition coefficient (Wildman–Crippen LogP) is 2.11. The van der Waals surface area contributed by atoms with Crippen molar-refractivity contribution in [2.45, 2.75) is 19.3 Å². The Morgan fingerprint density at radius 1 is 0.947 bits per heavy atom. The average Bonchev–Trinajstić information content (AvgIpc) is 3.02. The number of hydrogen-bond donors (Lipinski definition) is 0. The summed E-state index contributed by atoms with van der Waals surface area (Å²) in [4.78, 5) is 23.9. The smallest absolute Gasteiger partial charge is 0.309 e. The van der Waals surface area contributed by atoms with Gasteiger partial charge in [-0.3, -0.25) is 9.59 Å². The van der Waals surface area contributed by atoms with Gasteiger partial charge in [-0.05, 0) is 31.1 Å². The van der Waals surface area contributed by atoms with Gasteiger partial charge in [-0.2, -0.15) is 0 Å². The summed E-state index contributed by atoms with van der Waals surface area (Å²) in [5.41, 5.74) is 0. The van der Waals surface area contributed by atoms with Crippen LogP contribution in [0.15, 0.2) is 25.3 Å². The Morgan fingerprint density at radius 3 is 1.79 bits per heavy atom. The predicted molar refractivity (Wildman–Crippen MR) is 70.1 cm³/mol. The molecule has 0 heterocycles. The van der Waals surface area contributed by atoms with Gasteiger partial charge in [0.05, 0.1) is 11.8 Å². The van der Waals surface area contributed by atoms with Gasteiger partial charge >= 0.3 is 11.9 Å². The maximum Gasteiger partial charge on any atom is 0.309 e. The second kappa shape index (κ2) is 6.04. The topological polar surface area (TPSA) is 52.6 Å². The van der Waals surface area contributed by atoms with Crippen LogP contribution in [0.2, 0.25) is 0 Å². The van der Waals surface area contributed by atoms with Crippen LogP contribution in [0, 0.1) is 23.7 Å². The minimum atomic E-state index is -0.200. The van der Waals surface area contributed by atoms with E-state index >= 15 is 0 Å². The fourth-order valence-electron chi connectivity index (χ4n) is 3.39. The van der Waals surface area contributed by atoms with E-state index in [0.717, 1.165) is 19.3 Å². The van der Waals surface area contributed by atoms with Crippen molar-refractivity contribution in [1.82, 2.24) is 0 Å². The van der Waals surface area contributed by atoms with Crippen molar-refractivity contribution in [3.8, 4) is 0 Å². The quantitative estimate of drug-likeness (QED) is 0.544. The Labute approximate surface area is 113 Å². The standard InChI is InChI=1S/C15H20O4/c1-3-5-18-14(16)12-8-10-7-11(12)13(9-10)15(17)19-6-4-2/h3-4,10-13H,1-2,5-9H2. The molecule has 2 aliphatic rings. The molecule has 0 N–H and O–H groups in total. The first-order valence-electron chi connectivity index (χ1n) is 6.72. The highest BCUT2D eigenvalue weighted by molar-refractivity contribution is 5.78. The number of fused-ring (bicyclic) bond motifs is 2. The van der Waals surface area contributed by atoms with E-state index in [1.807, 2.05) is 0 Å². The maximum atomic E-state index is 11.9. The first-order chi connectivity index (χ1) is 9.17. The van der Waals surface area contributed by atoms with Crippen LogP contribution in [0.1, 0.15) is 19.3 Å². The minimum absolute atomic E-state index is 0.0830. The van der Waals surface area contributed by atoms with Gasteiger partial charge in [-0.25, -0.2) is 0 Å². The normalized spacial score (nSPS) is 31.8. The van der Waals surface area contributed by atoms with Crippen LogP contribution in [0.3, 0.4) is 0 Å². The highest BCUT2D eigenvalue weighted by atomic mass is 16.5. The van der Waals surface area contributed by atoms with Crippen LogP contribution in [0.4, 0.5) is 0 Å². The van der Waals surface area contributed by atoms with E-state index in [1.54, 1.807) is 12.2 Å². The third-order valence-electron chi connectivity index (χ3n) is 4.11. The van der Waals surface area contributed by atoms with Gasteiger partial charge in [0.25, 0.3) is 0 Å². The van der Waals surface area contributed by atoms with E-state index in [-0.39, 0.29) is 42.9 Å². The number of ether oxygens (including phenoxy) is 2. The molecule has 2 rings (SSSR count). The zero-order valence-electron chi connectivity index (χ0n) is 11.0. The highest BCUT2D eigenvalue weighted by Gasteiger charge is 2.52. The Kier molecular flexibility index (Phi) is 4.40. The molecule has 104 valence electrons. The van der Waals surface area contributed by atoms with Crippen LogP contribution >= 0.6 is 0 Å². The number of carbonyl (C=O) groups is 2. The molecule has 4 nitrogen and oxygen atoms in total. The molecule has 0 radical (unpaired) electrons. The Morgan fingerprint density at radius 2 is 1.42 bits per heavy atom. The molecule has 0 spiro atoms. The van der Waals surface area contributed by atoms with E-state index in [0.29, 0.717) is 5.92 Å². The molecule has 19 heavy (non-hydrogen) atoms. The summed E-state index contributed by atoms with van der Waals surface area (Å²) in [6, 6.07) is 0. The molecule has 0 aromatic rings. The molecule has 2 unspecified atom stereocenters. The van der Waals surface area contributed by atoms with Crippen molar-refractivity contribution in [3.63, 3.8) is 0 Å². The van der Waals surface area contributed by atoms with Gasteiger partial charge in [0.1, 0.15) is 13.2 Å². The lowest BCUT2D eigenvalue weighted by molar-refractivity contribution is -0.155. The molecule has 0 aromatic carbocycles. The van der Waals surface area contributed by atoms with Crippen LogP contribution in [0.25, 0.3) is 0 Å². The second-order valence-electron chi connectivity index (χ2n) is 5.29. The molecule has 0 amide bonds. The Hall–Kier alpha value is -1.58. The first-order valence-corrected chi connectivity index (χ1v) is 6.72. The van der Waals surface area contributed by atoms with Gasteiger partial charge in [-0.15, -0.1) is 0 Å². The number of hydrogen-bond acceptors (Lipinski definition) is 4. The molecule has 2 atom stereocenters. The van der Waals surface area contributed by atoms with Crippen LogP contribution in [-0.4, -0.2) is 25.2 Å². The lowest BCUT2D eigenvalue weighted by atomic mass is 9.80. The lowest BCUT2D eigenvalue weighted by Crippen LogP contribution is -2.33. The van der Waals surface area contributed by atoms with Gasteiger partial charge < -0.3 is 9.47 Å². The summed E-state index contributed by atoms with van der Waals surface area (Å²) in [7, 11) is 0. The van der Waals surface area contributed by atoms with E-state index in [1.165, 1.54) is 0 Å². The number of rotatable bonds is 6. The molecule has 2 aliphatic carbocycles. The van der Waals surface area contributed by atoms with Crippen LogP contribution in [0.5, 0.6) is 0 Å². The summed E-state index contributed by atoms with van der Waals surface area (Å²) in [6.07, 6.45) is 5.72. The second-order valence-corrected chi connectivity index (χ2v) is 5.29. The van der Waals surface area contributed by atoms with Crippen molar-refractivity contribution in [2.24, 2.45) is 23.7 Å². The SMILES string of the molecule is C=CCOC(=O)C1CC2CC(C(=O)OCC=C)C1C2. The minimum Gasteiger partial charge on any atom is -0.461 e. The number of esters is 2. The van der Waals surface area contributed by atoms with Crippen molar-refractivity contribution in [1.29, 1.82) is 0 Å². The summed E-state index contributed by atoms with van der Waals surface area (Å²) < 4.78 is 10.2. The highest BCUT2D eigenvalue weighted by Crippen LogP contribution is 2.52. The van der Waals surface area contributed by atoms with E-state index in [4.69, 9.17) is 9.47 Å². The van der Waals surface area contributed by atoms with Crippen LogP contribution in [-0.2, 0) is 19.1 Å². The first kappa shape index (κ1) is 13.8. The molecule has 0 saturated heterocycles. The Bertz CT molecular complexity index is 354. The zero-order chi connectivity index (χ0) is 13.8. The zero-order valence-corrected chi connectivity index (χ0v) is 11.0. The molecule has 2 saturated carbocycles. The van der Waals surface area contributed by atoms with Gasteiger partial charge in [0, 0.05) is 0 Å². The van der Waals surface area contributed by atoms with Gasteiger partial charge in [0.15, 0.2) is 0 Å².